The first-order valence-electron chi connectivity index (χ1n) is 4.05. The normalized spacial score (nSPS) is 17.4. The van der Waals surface area contributed by atoms with Crippen molar-refractivity contribution in [3.63, 3.8) is 0 Å². The molecule has 2 N–H and O–H groups in total. The summed E-state index contributed by atoms with van der Waals surface area (Å²) < 4.78 is 15.8. The lowest BCUT2D eigenvalue weighted by Crippen LogP contribution is -2.39. The van der Waals surface area contributed by atoms with Crippen LogP contribution in [0.1, 0.15) is 27.2 Å². The monoisotopic (exact) mass is 211 g/mol. The molecule has 0 fully saturated rings. The van der Waals surface area contributed by atoms with Crippen LogP contribution in [0, 0.1) is 0 Å². The van der Waals surface area contributed by atoms with E-state index in [-0.39, 0.29) is 0 Å². The van der Waals surface area contributed by atoms with Gasteiger partial charge in [0.2, 0.25) is 0 Å². The molecule has 2 atom stereocenters. The van der Waals surface area contributed by atoms with Crippen molar-refractivity contribution in [2.45, 2.75) is 38.2 Å². The minimum atomic E-state index is -1.95. The van der Waals surface area contributed by atoms with Gasteiger partial charge in [-0.05, 0) is 20.3 Å². The molecule has 0 aromatic carbocycles. The highest BCUT2D eigenvalue weighted by Crippen LogP contribution is 2.29. The Labute approximate surface area is 80.3 Å². The predicted molar refractivity (Wildman–Crippen MR) is 56.3 cm³/mol. The van der Waals surface area contributed by atoms with E-state index in [2.05, 4.69) is 12.6 Å². The molecular formula is C7H18NO2PS. The van der Waals surface area contributed by atoms with Crippen LogP contribution >= 0.6 is 20.7 Å². The van der Waals surface area contributed by atoms with E-state index in [0.29, 0.717) is 6.16 Å². The maximum absolute atomic E-state index is 11.1. The Morgan fingerprint density at radius 2 is 2.17 bits per heavy atom. The van der Waals surface area contributed by atoms with E-state index in [9.17, 15) is 4.57 Å². The molecule has 0 rings (SSSR count). The molecule has 0 aromatic rings. The Balaban J connectivity index is 3.84. The summed E-state index contributed by atoms with van der Waals surface area (Å²) in [4.78, 5) is 0. The van der Waals surface area contributed by atoms with Crippen LogP contribution in [-0.2, 0) is 9.09 Å². The summed E-state index contributed by atoms with van der Waals surface area (Å²) >= 11 is 4.22. The van der Waals surface area contributed by atoms with E-state index in [4.69, 9.17) is 10.3 Å². The molecule has 0 bridgehead atoms. The van der Waals surface area contributed by atoms with Gasteiger partial charge in [-0.3, -0.25) is 4.57 Å². The van der Waals surface area contributed by atoms with Gasteiger partial charge in [-0.2, -0.15) is 12.6 Å². The zero-order valence-corrected chi connectivity index (χ0v) is 9.73. The Bertz CT molecular complexity index is 158. The van der Waals surface area contributed by atoms with Crippen LogP contribution in [0.25, 0.3) is 0 Å². The molecule has 0 aromatic heterocycles. The average Bonchev–Trinajstić information content (AvgIpc) is 1.85. The van der Waals surface area contributed by atoms with Crippen molar-refractivity contribution in [2.75, 3.05) is 6.16 Å². The summed E-state index contributed by atoms with van der Waals surface area (Å²) in [5, 5.41) is 0. The van der Waals surface area contributed by atoms with Gasteiger partial charge in [0.25, 0.3) is 0 Å². The van der Waals surface area contributed by atoms with E-state index >= 15 is 0 Å². The van der Waals surface area contributed by atoms with Crippen LogP contribution in [-0.4, -0.2) is 17.1 Å². The molecule has 2 unspecified atom stereocenters. The molecule has 5 heteroatoms. The molecule has 0 aliphatic carbocycles. The van der Waals surface area contributed by atoms with Gasteiger partial charge in [0.1, 0.15) is 6.23 Å². The molecule has 0 aliphatic rings. The van der Waals surface area contributed by atoms with E-state index in [0.717, 1.165) is 6.42 Å². The minimum absolute atomic E-state index is 0.436. The third-order valence-corrected chi connectivity index (χ3v) is 3.09. The van der Waals surface area contributed by atoms with Gasteiger partial charge in [-0.25, -0.2) is 0 Å². The quantitative estimate of drug-likeness (QED) is 0.415. The number of thiol groups is 1. The van der Waals surface area contributed by atoms with Gasteiger partial charge in [-0.15, -0.1) is 0 Å². The lowest BCUT2D eigenvalue weighted by atomic mass is 10.2. The Morgan fingerprint density at radius 3 is 2.50 bits per heavy atom. The largest absolute Gasteiger partial charge is 0.310 e. The summed E-state index contributed by atoms with van der Waals surface area (Å²) in [5.74, 6) is 0. The zero-order chi connectivity index (χ0) is 9.78. The van der Waals surface area contributed by atoms with Crippen molar-refractivity contribution in [2.24, 2.45) is 5.73 Å². The van der Waals surface area contributed by atoms with Crippen LogP contribution in [0.4, 0.5) is 0 Å². The summed E-state index contributed by atoms with van der Waals surface area (Å²) in [6.45, 7) is 5.63. The maximum Gasteiger partial charge on any atom is 0.193 e. The Hall–Kier alpha value is 0.500. The van der Waals surface area contributed by atoms with E-state index in [1.807, 2.05) is 20.8 Å². The van der Waals surface area contributed by atoms with Gasteiger partial charge in [-0.1, -0.05) is 6.92 Å². The lowest BCUT2D eigenvalue weighted by Gasteiger charge is -2.25. The number of rotatable bonds is 5. The molecule has 0 heterocycles. The van der Waals surface area contributed by atoms with Crippen LogP contribution in [0.2, 0.25) is 0 Å². The van der Waals surface area contributed by atoms with E-state index < -0.39 is 19.0 Å². The lowest BCUT2D eigenvalue weighted by molar-refractivity contribution is 0.188. The third kappa shape index (κ3) is 5.20. The average molecular weight is 211 g/mol. The standard InChI is InChI=1S/C7H18NO2PS/c1-4-5-11(9)10-6(8)7(2,3)12/h6,11-12H,4-5,8H2,1-3H3. The first-order valence-corrected chi connectivity index (χ1v) is 6.02. The highest BCUT2D eigenvalue weighted by Gasteiger charge is 2.23. The van der Waals surface area contributed by atoms with Crippen LogP contribution in [0.5, 0.6) is 0 Å². The molecular weight excluding hydrogens is 193 g/mol. The van der Waals surface area contributed by atoms with Crippen molar-refractivity contribution in [1.82, 2.24) is 0 Å². The van der Waals surface area contributed by atoms with Gasteiger partial charge in [0, 0.05) is 10.9 Å². The number of hydrogen-bond donors (Lipinski definition) is 2. The fraction of sp³-hybridized carbons (Fsp3) is 1.00. The van der Waals surface area contributed by atoms with Crippen molar-refractivity contribution in [1.29, 1.82) is 0 Å². The summed E-state index contributed by atoms with van der Waals surface area (Å²) in [5.41, 5.74) is 5.61. The van der Waals surface area contributed by atoms with Crippen LogP contribution < -0.4 is 5.73 Å². The zero-order valence-electron chi connectivity index (χ0n) is 7.83. The Morgan fingerprint density at radius 1 is 1.67 bits per heavy atom. The van der Waals surface area contributed by atoms with Gasteiger partial charge >= 0.3 is 0 Å². The first-order chi connectivity index (χ1) is 5.38. The smallest absolute Gasteiger partial charge is 0.193 e. The van der Waals surface area contributed by atoms with Gasteiger partial charge < -0.3 is 10.3 Å². The van der Waals surface area contributed by atoms with E-state index in [1.54, 1.807) is 0 Å². The fourth-order valence-corrected chi connectivity index (χ4v) is 1.80. The Kier molecular flexibility index (Phi) is 5.50. The molecule has 0 saturated heterocycles. The highest BCUT2D eigenvalue weighted by atomic mass is 32.1. The fourth-order valence-electron chi connectivity index (χ4n) is 0.549. The second kappa shape index (κ2) is 5.28. The SMILES string of the molecule is CCC[PH](=O)OC(N)C(C)(C)S. The summed E-state index contributed by atoms with van der Waals surface area (Å²) in [6.07, 6.45) is 0.901. The first kappa shape index (κ1) is 12.5. The molecule has 3 nitrogen and oxygen atoms in total. The second-order valence-electron chi connectivity index (χ2n) is 3.31. The third-order valence-electron chi connectivity index (χ3n) is 1.41. The van der Waals surface area contributed by atoms with Crippen LogP contribution in [0.3, 0.4) is 0 Å². The molecule has 74 valence electrons. The van der Waals surface area contributed by atoms with Crippen LogP contribution in [0.15, 0.2) is 0 Å². The molecule has 0 saturated carbocycles. The maximum atomic E-state index is 11.1. The van der Waals surface area contributed by atoms with E-state index in [1.165, 1.54) is 0 Å². The highest BCUT2D eigenvalue weighted by molar-refractivity contribution is 7.81. The minimum Gasteiger partial charge on any atom is -0.310 e. The van der Waals surface area contributed by atoms with Gasteiger partial charge in [0.15, 0.2) is 8.03 Å². The summed E-state index contributed by atoms with van der Waals surface area (Å²) in [7, 11) is -1.95. The van der Waals surface area contributed by atoms with Crippen molar-refractivity contribution in [3.05, 3.63) is 0 Å². The van der Waals surface area contributed by atoms with Crippen molar-refractivity contribution in [3.8, 4) is 0 Å². The summed E-state index contributed by atoms with van der Waals surface area (Å²) in [6, 6.07) is 0. The van der Waals surface area contributed by atoms with Crippen molar-refractivity contribution < 1.29 is 9.09 Å². The number of hydrogen-bond acceptors (Lipinski definition) is 4. The van der Waals surface area contributed by atoms with Crippen molar-refractivity contribution >= 4 is 20.7 Å². The van der Waals surface area contributed by atoms with Gasteiger partial charge in [0.05, 0.1) is 0 Å². The number of nitrogens with two attached hydrogens (primary N) is 1. The second-order valence-corrected chi connectivity index (χ2v) is 5.95. The molecule has 0 spiro atoms. The predicted octanol–water partition coefficient (Wildman–Crippen LogP) is 1.88. The molecule has 0 aliphatic heterocycles. The molecule has 12 heavy (non-hydrogen) atoms. The molecule has 0 radical (unpaired) electrons. The molecule has 0 amide bonds. The topological polar surface area (TPSA) is 52.3 Å².